The predicted octanol–water partition coefficient (Wildman–Crippen LogP) is 4.14. The Morgan fingerprint density at radius 3 is 2.50 bits per heavy atom. The molecule has 0 aliphatic heterocycles. The zero-order chi connectivity index (χ0) is 12.8. The van der Waals surface area contributed by atoms with Gasteiger partial charge in [-0.2, -0.15) is 0 Å². The molecule has 0 aliphatic carbocycles. The maximum absolute atomic E-state index is 5.82. The van der Waals surface area contributed by atoms with Crippen LogP contribution in [0.4, 0.5) is 5.69 Å². The van der Waals surface area contributed by atoms with Crippen molar-refractivity contribution in [2.45, 2.75) is 6.92 Å². The molecule has 0 saturated heterocycles. The van der Waals surface area contributed by atoms with Gasteiger partial charge in [-0.05, 0) is 42.8 Å². The Bertz CT molecular complexity index is 496. The van der Waals surface area contributed by atoms with Crippen LogP contribution in [0, 0.1) is 6.92 Å². The highest BCUT2D eigenvalue weighted by atomic mass is 35.5. The highest BCUT2D eigenvalue weighted by Gasteiger charge is 1.97. The summed E-state index contributed by atoms with van der Waals surface area (Å²) in [6.07, 6.45) is 0. The summed E-state index contributed by atoms with van der Waals surface area (Å²) in [6.45, 7) is 3.44. The summed E-state index contributed by atoms with van der Waals surface area (Å²) in [5, 5.41) is 4.02. The van der Waals surface area contributed by atoms with Gasteiger partial charge in [-0.3, -0.25) is 0 Å². The van der Waals surface area contributed by atoms with Crippen molar-refractivity contribution in [1.82, 2.24) is 0 Å². The number of nitrogens with one attached hydrogen (secondary N) is 1. The highest BCUT2D eigenvalue weighted by Crippen LogP contribution is 2.16. The van der Waals surface area contributed by atoms with Crippen molar-refractivity contribution in [2.24, 2.45) is 0 Å². The number of anilines is 1. The van der Waals surface area contributed by atoms with Gasteiger partial charge < -0.3 is 10.1 Å². The van der Waals surface area contributed by atoms with Crippen LogP contribution in [-0.4, -0.2) is 13.2 Å². The Labute approximate surface area is 113 Å². The minimum absolute atomic E-state index is 0.632. The van der Waals surface area contributed by atoms with E-state index < -0.39 is 0 Å². The van der Waals surface area contributed by atoms with E-state index in [0.29, 0.717) is 6.61 Å². The monoisotopic (exact) mass is 261 g/mol. The lowest BCUT2D eigenvalue weighted by Gasteiger charge is -2.10. The SMILES string of the molecule is Cc1ccccc1OCCNc1ccc(Cl)cc1. The molecule has 0 unspecified atom stereocenters. The summed E-state index contributed by atoms with van der Waals surface area (Å²) in [5.74, 6) is 0.940. The topological polar surface area (TPSA) is 21.3 Å². The van der Waals surface area contributed by atoms with Crippen LogP contribution in [0.2, 0.25) is 5.02 Å². The van der Waals surface area contributed by atoms with Crippen LogP contribution >= 0.6 is 11.6 Å². The quantitative estimate of drug-likeness (QED) is 0.817. The molecule has 0 amide bonds. The molecule has 18 heavy (non-hydrogen) atoms. The maximum Gasteiger partial charge on any atom is 0.122 e. The summed E-state index contributed by atoms with van der Waals surface area (Å²) >= 11 is 5.82. The maximum atomic E-state index is 5.82. The van der Waals surface area contributed by atoms with E-state index in [1.165, 1.54) is 0 Å². The molecule has 0 fully saturated rings. The third-order valence-electron chi connectivity index (χ3n) is 2.63. The average molecular weight is 262 g/mol. The van der Waals surface area contributed by atoms with Gasteiger partial charge in [-0.25, -0.2) is 0 Å². The standard InChI is InChI=1S/C15H16ClNO/c1-12-4-2-3-5-15(12)18-11-10-17-14-8-6-13(16)7-9-14/h2-9,17H,10-11H2,1H3. The van der Waals surface area contributed by atoms with Crippen molar-refractivity contribution >= 4 is 17.3 Å². The molecule has 0 spiro atoms. The lowest BCUT2D eigenvalue weighted by molar-refractivity contribution is 0.330. The van der Waals surface area contributed by atoms with E-state index in [0.717, 1.165) is 28.6 Å². The molecule has 1 N–H and O–H groups in total. The van der Waals surface area contributed by atoms with Gasteiger partial charge in [0.25, 0.3) is 0 Å². The van der Waals surface area contributed by atoms with E-state index in [9.17, 15) is 0 Å². The molecule has 2 rings (SSSR count). The van der Waals surface area contributed by atoms with Gasteiger partial charge >= 0.3 is 0 Å². The number of para-hydroxylation sites is 1. The van der Waals surface area contributed by atoms with Crippen LogP contribution in [0.3, 0.4) is 0 Å². The molecule has 0 atom stereocenters. The molecule has 0 aliphatic rings. The summed E-state index contributed by atoms with van der Waals surface area (Å²) in [7, 11) is 0. The molecule has 0 heterocycles. The van der Waals surface area contributed by atoms with Crippen molar-refractivity contribution in [3.63, 3.8) is 0 Å². The second-order valence-corrected chi connectivity index (χ2v) is 4.48. The number of aryl methyl sites for hydroxylation is 1. The number of benzene rings is 2. The molecule has 2 aromatic rings. The third kappa shape index (κ3) is 3.67. The van der Waals surface area contributed by atoms with Gasteiger partial charge in [0.15, 0.2) is 0 Å². The molecule has 0 radical (unpaired) electrons. The molecular formula is C15H16ClNO. The molecule has 94 valence electrons. The molecule has 0 bridgehead atoms. The lowest BCUT2D eigenvalue weighted by atomic mass is 10.2. The van der Waals surface area contributed by atoms with E-state index in [4.69, 9.17) is 16.3 Å². The first-order valence-corrected chi connectivity index (χ1v) is 6.31. The van der Waals surface area contributed by atoms with Gasteiger partial charge in [-0.1, -0.05) is 29.8 Å². The van der Waals surface area contributed by atoms with Crippen molar-refractivity contribution in [1.29, 1.82) is 0 Å². The van der Waals surface area contributed by atoms with Gasteiger partial charge in [0.2, 0.25) is 0 Å². The number of ether oxygens (including phenoxy) is 1. The smallest absolute Gasteiger partial charge is 0.122 e. The fraction of sp³-hybridized carbons (Fsp3) is 0.200. The van der Waals surface area contributed by atoms with E-state index in [2.05, 4.69) is 5.32 Å². The van der Waals surface area contributed by atoms with Crippen LogP contribution in [0.1, 0.15) is 5.56 Å². The van der Waals surface area contributed by atoms with Gasteiger partial charge in [0.1, 0.15) is 12.4 Å². The van der Waals surface area contributed by atoms with Crippen LogP contribution in [0.15, 0.2) is 48.5 Å². The third-order valence-corrected chi connectivity index (χ3v) is 2.88. The summed E-state index contributed by atoms with van der Waals surface area (Å²) < 4.78 is 5.69. The molecule has 3 heteroatoms. The predicted molar refractivity (Wildman–Crippen MR) is 76.6 cm³/mol. The molecule has 2 aromatic carbocycles. The first kappa shape index (κ1) is 12.8. The average Bonchev–Trinajstić information content (AvgIpc) is 2.39. The van der Waals surface area contributed by atoms with Crippen LogP contribution in [0.25, 0.3) is 0 Å². The Balaban J connectivity index is 1.76. The van der Waals surface area contributed by atoms with Gasteiger partial charge in [-0.15, -0.1) is 0 Å². The second-order valence-electron chi connectivity index (χ2n) is 4.05. The summed E-state index contributed by atoms with van der Waals surface area (Å²) in [5.41, 5.74) is 2.21. The fourth-order valence-electron chi connectivity index (χ4n) is 1.64. The highest BCUT2D eigenvalue weighted by molar-refractivity contribution is 6.30. The zero-order valence-corrected chi connectivity index (χ0v) is 11.1. The van der Waals surface area contributed by atoms with E-state index >= 15 is 0 Å². The second kappa shape index (κ2) is 6.31. The minimum Gasteiger partial charge on any atom is -0.491 e. The van der Waals surface area contributed by atoms with Crippen LogP contribution in [0.5, 0.6) is 5.75 Å². The number of halogens is 1. The van der Waals surface area contributed by atoms with Crippen molar-refractivity contribution < 1.29 is 4.74 Å². The molecule has 0 aromatic heterocycles. The Kier molecular flexibility index (Phi) is 4.48. The molecule has 2 nitrogen and oxygen atoms in total. The van der Waals surface area contributed by atoms with Gasteiger partial charge in [0, 0.05) is 17.3 Å². The number of hydrogen-bond acceptors (Lipinski definition) is 2. The minimum atomic E-state index is 0.632. The first-order chi connectivity index (χ1) is 8.75. The van der Waals surface area contributed by atoms with Gasteiger partial charge in [0.05, 0.1) is 0 Å². The Morgan fingerprint density at radius 1 is 1.06 bits per heavy atom. The summed E-state index contributed by atoms with van der Waals surface area (Å²) in [6, 6.07) is 15.7. The largest absolute Gasteiger partial charge is 0.491 e. The first-order valence-electron chi connectivity index (χ1n) is 5.93. The molecular weight excluding hydrogens is 246 g/mol. The van der Waals surface area contributed by atoms with Crippen molar-refractivity contribution in [3.05, 3.63) is 59.1 Å². The van der Waals surface area contributed by atoms with E-state index in [1.54, 1.807) is 0 Å². The van der Waals surface area contributed by atoms with Crippen LogP contribution in [-0.2, 0) is 0 Å². The lowest BCUT2D eigenvalue weighted by Crippen LogP contribution is -2.11. The van der Waals surface area contributed by atoms with E-state index in [-0.39, 0.29) is 0 Å². The molecule has 0 saturated carbocycles. The number of rotatable bonds is 5. The zero-order valence-electron chi connectivity index (χ0n) is 10.3. The normalized spacial score (nSPS) is 10.1. The van der Waals surface area contributed by atoms with Crippen molar-refractivity contribution in [2.75, 3.05) is 18.5 Å². The van der Waals surface area contributed by atoms with Crippen LogP contribution < -0.4 is 10.1 Å². The van der Waals surface area contributed by atoms with Crippen molar-refractivity contribution in [3.8, 4) is 5.75 Å². The Morgan fingerprint density at radius 2 is 1.78 bits per heavy atom. The number of hydrogen-bond donors (Lipinski definition) is 1. The van der Waals surface area contributed by atoms with E-state index in [1.807, 2.05) is 55.5 Å². The fourth-order valence-corrected chi connectivity index (χ4v) is 1.77. The summed E-state index contributed by atoms with van der Waals surface area (Å²) in [4.78, 5) is 0. The Hall–Kier alpha value is -1.67.